The number of nitrogens with zero attached hydrogens (tertiary/aromatic N) is 3. The number of para-hydroxylation sites is 2. The van der Waals surface area contributed by atoms with E-state index in [1.807, 2.05) is 30.3 Å². The third-order valence-electron chi connectivity index (χ3n) is 6.40. The highest BCUT2D eigenvalue weighted by molar-refractivity contribution is 6.32. The van der Waals surface area contributed by atoms with Gasteiger partial charge in [0.1, 0.15) is 23.6 Å². The zero-order chi connectivity index (χ0) is 26.4. The average molecular weight is 533 g/mol. The molecule has 2 aromatic rings. The Labute approximate surface area is 219 Å². The number of likely N-dealkylation sites (tertiary alicyclic amines) is 1. The van der Waals surface area contributed by atoms with Gasteiger partial charge in [-0.05, 0) is 24.3 Å². The zero-order valence-electron chi connectivity index (χ0n) is 20.3. The van der Waals surface area contributed by atoms with Crippen LogP contribution in [-0.4, -0.2) is 90.0 Å². The lowest BCUT2D eigenvalue weighted by Gasteiger charge is -2.44. The van der Waals surface area contributed by atoms with Crippen molar-refractivity contribution in [2.75, 3.05) is 39.8 Å². The summed E-state index contributed by atoms with van der Waals surface area (Å²) in [6, 6.07) is 14.9. The standard InChI is InChI=1S/C25H29ClN4O7/c1-35-25(33)30-16-18(36-21-10-6-5-9-20(21)26)15-19(23(31)27-34)22(30)24(32)28-11-13-29(14-12-28)37-17-7-3-2-4-8-17/h2-10,18-19,22,34H,11-16H2,1H3,(H,27,31)/t18-,19-,22-/m0/s1. The van der Waals surface area contributed by atoms with Crippen LogP contribution >= 0.6 is 11.6 Å². The number of halogens is 1. The van der Waals surface area contributed by atoms with Crippen LogP contribution in [0.4, 0.5) is 4.79 Å². The Hall–Kier alpha value is -3.54. The number of hydrogen-bond acceptors (Lipinski definition) is 8. The number of ether oxygens (including phenoxy) is 2. The maximum atomic E-state index is 13.7. The number of rotatable bonds is 6. The summed E-state index contributed by atoms with van der Waals surface area (Å²) in [5.41, 5.74) is 1.63. The van der Waals surface area contributed by atoms with Crippen LogP contribution < -0.4 is 15.1 Å². The SMILES string of the molecule is COC(=O)N1C[C@@H](Oc2ccccc2Cl)C[C@H](C(=O)NO)[C@H]1C(=O)N1CCN(Oc2ccccc2)CC1. The maximum absolute atomic E-state index is 13.7. The molecule has 12 heteroatoms. The van der Waals surface area contributed by atoms with E-state index in [1.54, 1.807) is 39.7 Å². The van der Waals surface area contributed by atoms with E-state index in [0.717, 1.165) is 0 Å². The number of amides is 3. The number of benzene rings is 2. The number of piperazine rings is 1. The van der Waals surface area contributed by atoms with Gasteiger partial charge in [0, 0.05) is 19.5 Å². The van der Waals surface area contributed by atoms with Crippen molar-refractivity contribution in [1.82, 2.24) is 20.3 Å². The van der Waals surface area contributed by atoms with Gasteiger partial charge in [0.05, 0.1) is 37.7 Å². The summed E-state index contributed by atoms with van der Waals surface area (Å²) < 4.78 is 10.9. The van der Waals surface area contributed by atoms with Crippen LogP contribution in [-0.2, 0) is 14.3 Å². The Balaban J connectivity index is 1.50. The lowest BCUT2D eigenvalue weighted by atomic mass is 9.86. The normalized spacial score (nSPS) is 22.2. The minimum absolute atomic E-state index is 0.0133. The number of nitrogens with one attached hydrogen (secondary N) is 1. The molecule has 2 N–H and O–H groups in total. The predicted octanol–water partition coefficient (Wildman–Crippen LogP) is 2.19. The molecule has 2 saturated heterocycles. The Kier molecular flexibility index (Phi) is 8.70. The van der Waals surface area contributed by atoms with Gasteiger partial charge in [0.15, 0.2) is 0 Å². The fraction of sp³-hybridized carbons (Fsp3) is 0.400. The molecule has 0 aliphatic carbocycles. The van der Waals surface area contributed by atoms with Gasteiger partial charge in [-0.2, -0.15) is 0 Å². The molecule has 37 heavy (non-hydrogen) atoms. The van der Waals surface area contributed by atoms with E-state index in [4.69, 9.17) is 25.9 Å². The summed E-state index contributed by atoms with van der Waals surface area (Å²) in [6.45, 7) is 1.50. The molecule has 0 unspecified atom stereocenters. The van der Waals surface area contributed by atoms with Crippen LogP contribution in [0.5, 0.6) is 11.5 Å². The van der Waals surface area contributed by atoms with Crippen LogP contribution in [0.15, 0.2) is 54.6 Å². The fourth-order valence-corrected chi connectivity index (χ4v) is 4.78. The Morgan fingerprint density at radius 3 is 2.32 bits per heavy atom. The minimum Gasteiger partial charge on any atom is -0.487 e. The van der Waals surface area contributed by atoms with E-state index >= 15 is 0 Å². The molecule has 0 aromatic heterocycles. The molecule has 2 aromatic carbocycles. The van der Waals surface area contributed by atoms with Gasteiger partial charge in [-0.25, -0.2) is 10.3 Å². The van der Waals surface area contributed by atoms with E-state index in [2.05, 4.69) is 0 Å². The first-order chi connectivity index (χ1) is 17.9. The monoisotopic (exact) mass is 532 g/mol. The number of hydroxylamine groups is 3. The molecule has 4 rings (SSSR count). The van der Waals surface area contributed by atoms with Crippen molar-refractivity contribution in [3.8, 4) is 11.5 Å². The van der Waals surface area contributed by atoms with Gasteiger partial charge in [0.25, 0.3) is 0 Å². The van der Waals surface area contributed by atoms with Gasteiger partial charge >= 0.3 is 6.09 Å². The summed E-state index contributed by atoms with van der Waals surface area (Å²) in [5, 5.41) is 11.5. The summed E-state index contributed by atoms with van der Waals surface area (Å²) in [4.78, 5) is 47.8. The Bertz CT molecular complexity index is 1070. The van der Waals surface area contributed by atoms with E-state index in [9.17, 15) is 19.6 Å². The molecular formula is C25H29ClN4O7. The molecule has 0 spiro atoms. The van der Waals surface area contributed by atoms with Crippen LogP contribution in [0, 0.1) is 5.92 Å². The van der Waals surface area contributed by atoms with Crippen LogP contribution in [0.2, 0.25) is 5.02 Å². The molecule has 11 nitrogen and oxygen atoms in total. The summed E-state index contributed by atoms with van der Waals surface area (Å²) >= 11 is 6.21. The summed E-state index contributed by atoms with van der Waals surface area (Å²) in [7, 11) is 1.20. The topological polar surface area (TPSA) is 121 Å². The number of piperidine rings is 1. The smallest absolute Gasteiger partial charge is 0.410 e. The van der Waals surface area contributed by atoms with Gasteiger partial charge in [-0.15, -0.1) is 5.06 Å². The van der Waals surface area contributed by atoms with Crippen molar-refractivity contribution in [3.63, 3.8) is 0 Å². The second-order valence-corrected chi connectivity index (χ2v) is 9.12. The van der Waals surface area contributed by atoms with E-state index < -0.39 is 36.0 Å². The van der Waals surface area contributed by atoms with Crippen LogP contribution in [0.1, 0.15) is 6.42 Å². The van der Waals surface area contributed by atoms with Crippen molar-refractivity contribution >= 4 is 29.5 Å². The van der Waals surface area contributed by atoms with E-state index in [-0.39, 0.29) is 13.0 Å². The first-order valence-corrected chi connectivity index (χ1v) is 12.3. The number of methoxy groups -OCH3 is 1. The second-order valence-electron chi connectivity index (χ2n) is 8.71. The van der Waals surface area contributed by atoms with Gasteiger partial charge in [-0.3, -0.25) is 19.7 Å². The van der Waals surface area contributed by atoms with Crippen molar-refractivity contribution in [2.45, 2.75) is 18.6 Å². The zero-order valence-corrected chi connectivity index (χ0v) is 21.0. The molecule has 2 aliphatic heterocycles. The highest BCUT2D eigenvalue weighted by Crippen LogP contribution is 2.32. The Morgan fingerprint density at radius 1 is 1.00 bits per heavy atom. The highest BCUT2D eigenvalue weighted by Gasteiger charge is 2.49. The van der Waals surface area contributed by atoms with E-state index in [1.165, 1.54) is 12.0 Å². The molecule has 198 valence electrons. The van der Waals surface area contributed by atoms with Crippen LogP contribution in [0.3, 0.4) is 0 Å². The van der Waals surface area contributed by atoms with E-state index in [0.29, 0.717) is 42.7 Å². The van der Waals surface area contributed by atoms with Crippen molar-refractivity contribution in [3.05, 3.63) is 59.6 Å². The molecule has 2 fully saturated rings. The quantitative estimate of drug-likeness (QED) is 0.429. The molecule has 2 aliphatic rings. The molecule has 2 heterocycles. The first kappa shape index (κ1) is 26.5. The first-order valence-electron chi connectivity index (χ1n) is 11.9. The van der Waals surface area contributed by atoms with Crippen LogP contribution in [0.25, 0.3) is 0 Å². The number of carbonyl (C=O) groups excluding carboxylic acids is 3. The number of carbonyl (C=O) groups is 3. The largest absolute Gasteiger partial charge is 0.487 e. The molecule has 0 saturated carbocycles. The number of hydrogen-bond donors (Lipinski definition) is 2. The fourth-order valence-electron chi connectivity index (χ4n) is 4.60. The summed E-state index contributed by atoms with van der Waals surface area (Å²) in [6.07, 6.45) is -1.40. The molecule has 3 amide bonds. The van der Waals surface area contributed by atoms with Gasteiger partial charge < -0.3 is 19.2 Å². The third-order valence-corrected chi connectivity index (χ3v) is 6.71. The van der Waals surface area contributed by atoms with Crippen molar-refractivity contribution in [1.29, 1.82) is 0 Å². The third kappa shape index (κ3) is 6.24. The summed E-state index contributed by atoms with van der Waals surface area (Å²) in [5.74, 6) is -1.24. The second kappa shape index (κ2) is 12.1. The highest BCUT2D eigenvalue weighted by atomic mass is 35.5. The lowest BCUT2D eigenvalue weighted by molar-refractivity contribution is -0.155. The van der Waals surface area contributed by atoms with Crippen molar-refractivity contribution in [2.24, 2.45) is 5.92 Å². The molecule has 0 bridgehead atoms. The van der Waals surface area contributed by atoms with Gasteiger partial charge in [0.2, 0.25) is 11.8 Å². The van der Waals surface area contributed by atoms with Crippen molar-refractivity contribution < 1.29 is 33.9 Å². The molecular weight excluding hydrogens is 504 g/mol. The Morgan fingerprint density at radius 2 is 1.68 bits per heavy atom. The molecule has 0 radical (unpaired) electrons. The molecule has 3 atom stereocenters. The average Bonchev–Trinajstić information content (AvgIpc) is 2.93. The minimum atomic E-state index is -1.19. The predicted molar refractivity (Wildman–Crippen MR) is 132 cm³/mol. The van der Waals surface area contributed by atoms with Gasteiger partial charge in [-0.1, -0.05) is 41.9 Å². The maximum Gasteiger partial charge on any atom is 0.410 e. The lowest BCUT2D eigenvalue weighted by Crippen LogP contribution is -2.64.